The number of hydrogen-bond acceptors (Lipinski definition) is 5. The molecule has 0 bridgehead atoms. The SMILES string of the molecule is O=C(Nc1nccnc1C(=O)NC1CCN(C(=O)CC2CCCC2)CC1)c1ccc(F)c(F)c1. The van der Waals surface area contributed by atoms with Crippen molar-refractivity contribution >= 4 is 23.5 Å². The summed E-state index contributed by atoms with van der Waals surface area (Å²) >= 11 is 0. The molecule has 3 amide bonds. The number of nitrogens with zero attached hydrogens (tertiary/aromatic N) is 3. The minimum Gasteiger partial charge on any atom is -0.348 e. The lowest BCUT2D eigenvalue weighted by Gasteiger charge is -2.33. The highest BCUT2D eigenvalue weighted by atomic mass is 19.2. The lowest BCUT2D eigenvalue weighted by Crippen LogP contribution is -2.47. The third kappa shape index (κ3) is 5.73. The van der Waals surface area contributed by atoms with Crippen LogP contribution in [0.25, 0.3) is 0 Å². The van der Waals surface area contributed by atoms with E-state index in [1.807, 2.05) is 4.90 Å². The second-order valence-corrected chi connectivity index (χ2v) is 8.82. The third-order valence-electron chi connectivity index (χ3n) is 6.45. The van der Waals surface area contributed by atoms with E-state index in [0.29, 0.717) is 38.3 Å². The summed E-state index contributed by atoms with van der Waals surface area (Å²) in [7, 11) is 0. The Kier molecular flexibility index (Phi) is 7.44. The van der Waals surface area contributed by atoms with Crippen molar-refractivity contribution in [1.82, 2.24) is 20.2 Å². The number of likely N-dealkylation sites (tertiary alicyclic amines) is 1. The van der Waals surface area contributed by atoms with Gasteiger partial charge in [-0.25, -0.2) is 18.7 Å². The second kappa shape index (κ2) is 10.7. The van der Waals surface area contributed by atoms with Crippen molar-refractivity contribution < 1.29 is 23.2 Å². The van der Waals surface area contributed by atoms with Crippen LogP contribution in [-0.2, 0) is 4.79 Å². The molecule has 1 saturated heterocycles. The molecule has 0 unspecified atom stereocenters. The van der Waals surface area contributed by atoms with Gasteiger partial charge in [0.15, 0.2) is 23.1 Å². The predicted octanol–water partition coefficient (Wildman–Crippen LogP) is 3.31. The van der Waals surface area contributed by atoms with Crippen LogP contribution in [0.1, 0.15) is 65.8 Å². The van der Waals surface area contributed by atoms with Gasteiger partial charge in [-0.1, -0.05) is 12.8 Å². The van der Waals surface area contributed by atoms with E-state index in [9.17, 15) is 23.2 Å². The van der Waals surface area contributed by atoms with E-state index in [2.05, 4.69) is 20.6 Å². The number of amides is 3. The first kappa shape index (κ1) is 23.7. The van der Waals surface area contributed by atoms with E-state index in [4.69, 9.17) is 0 Å². The van der Waals surface area contributed by atoms with Crippen LogP contribution in [0.15, 0.2) is 30.6 Å². The van der Waals surface area contributed by atoms with Crippen LogP contribution < -0.4 is 10.6 Å². The topological polar surface area (TPSA) is 104 Å². The van der Waals surface area contributed by atoms with Crippen LogP contribution in [0.4, 0.5) is 14.6 Å². The van der Waals surface area contributed by atoms with Crippen LogP contribution in [-0.4, -0.2) is 51.7 Å². The third-order valence-corrected chi connectivity index (χ3v) is 6.45. The smallest absolute Gasteiger partial charge is 0.273 e. The van der Waals surface area contributed by atoms with Crippen molar-refractivity contribution in [3.63, 3.8) is 0 Å². The highest BCUT2D eigenvalue weighted by Crippen LogP contribution is 2.28. The fourth-order valence-electron chi connectivity index (χ4n) is 4.53. The second-order valence-electron chi connectivity index (χ2n) is 8.82. The molecule has 1 saturated carbocycles. The molecular formula is C24H27F2N5O3. The summed E-state index contributed by atoms with van der Waals surface area (Å²) in [5.41, 5.74) is -0.205. The van der Waals surface area contributed by atoms with Crippen molar-refractivity contribution in [3.05, 3.63) is 53.5 Å². The number of piperidine rings is 1. The quantitative estimate of drug-likeness (QED) is 0.673. The van der Waals surface area contributed by atoms with Crippen LogP contribution in [0.5, 0.6) is 0 Å². The average molecular weight is 472 g/mol. The molecule has 34 heavy (non-hydrogen) atoms. The summed E-state index contributed by atoms with van der Waals surface area (Å²) in [6.07, 6.45) is 9.17. The van der Waals surface area contributed by atoms with Gasteiger partial charge in [0.25, 0.3) is 11.8 Å². The molecule has 2 aliphatic rings. The number of benzene rings is 1. The minimum atomic E-state index is -1.15. The van der Waals surface area contributed by atoms with Crippen molar-refractivity contribution in [3.8, 4) is 0 Å². The Morgan fingerprint density at radius 3 is 2.35 bits per heavy atom. The largest absolute Gasteiger partial charge is 0.348 e. The first-order valence-corrected chi connectivity index (χ1v) is 11.6. The molecule has 0 atom stereocenters. The van der Waals surface area contributed by atoms with Crippen molar-refractivity contribution in [2.24, 2.45) is 5.92 Å². The molecule has 2 aromatic rings. The molecule has 1 aliphatic heterocycles. The molecule has 1 aromatic heterocycles. The molecular weight excluding hydrogens is 444 g/mol. The number of halogens is 2. The van der Waals surface area contributed by atoms with Gasteiger partial charge in [-0.3, -0.25) is 14.4 Å². The molecule has 10 heteroatoms. The van der Waals surface area contributed by atoms with Crippen LogP contribution in [0.3, 0.4) is 0 Å². The van der Waals surface area contributed by atoms with Gasteiger partial charge in [0.1, 0.15) is 0 Å². The van der Waals surface area contributed by atoms with Gasteiger partial charge in [-0.05, 0) is 49.8 Å². The summed E-state index contributed by atoms with van der Waals surface area (Å²) < 4.78 is 26.6. The summed E-state index contributed by atoms with van der Waals surface area (Å²) in [5, 5.41) is 5.33. The first-order chi connectivity index (χ1) is 16.4. The Hall–Kier alpha value is -3.43. The lowest BCUT2D eigenvalue weighted by molar-refractivity contribution is -0.133. The zero-order valence-corrected chi connectivity index (χ0v) is 18.7. The molecule has 2 fully saturated rings. The number of carbonyl (C=O) groups is 3. The van der Waals surface area contributed by atoms with E-state index < -0.39 is 23.4 Å². The van der Waals surface area contributed by atoms with E-state index in [1.54, 1.807) is 0 Å². The molecule has 0 spiro atoms. The van der Waals surface area contributed by atoms with Crippen molar-refractivity contribution in [2.45, 2.75) is 51.0 Å². The maximum absolute atomic E-state index is 13.5. The monoisotopic (exact) mass is 471 g/mol. The standard InChI is InChI=1S/C24H27F2N5O3/c25-18-6-5-16(14-19(18)26)23(33)30-22-21(27-9-10-28-22)24(34)29-17-7-11-31(12-8-17)20(32)13-15-3-1-2-4-15/h5-6,9-10,14-15,17H,1-4,7-8,11-13H2,(H,29,34)(H,28,30,33). The Bertz CT molecular complexity index is 1070. The van der Waals surface area contributed by atoms with Gasteiger partial charge in [0.05, 0.1) is 0 Å². The van der Waals surface area contributed by atoms with Crippen LogP contribution in [0.2, 0.25) is 0 Å². The van der Waals surface area contributed by atoms with Crippen molar-refractivity contribution in [2.75, 3.05) is 18.4 Å². The molecule has 2 N–H and O–H groups in total. The molecule has 2 heterocycles. The highest BCUT2D eigenvalue weighted by molar-refractivity contribution is 6.07. The molecule has 8 nitrogen and oxygen atoms in total. The normalized spacial score (nSPS) is 16.9. The average Bonchev–Trinajstić information content (AvgIpc) is 3.34. The van der Waals surface area contributed by atoms with Gasteiger partial charge in [-0.2, -0.15) is 0 Å². The van der Waals surface area contributed by atoms with E-state index in [1.165, 1.54) is 25.2 Å². The minimum absolute atomic E-state index is 0.0843. The number of nitrogens with one attached hydrogen (secondary N) is 2. The summed E-state index contributed by atoms with van der Waals surface area (Å²) in [4.78, 5) is 47.7. The Balaban J connectivity index is 1.32. The summed E-state index contributed by atoms with van der Waals surface area (Å²) in [6.45, 7) is 1.16. The number of carbonyl (C=O) groups excluding carboxylic acids is 3. The van der Waals surface area contributed by atoms with Crippen molar-refractivity contribution in [1.29, 1.82) is 0 Å². The summed E-state index contributed by atoms with van der Waals surface area (Å²) in [5.74, 6) is -2.87. The number of rotatable bonds is 6. The number of hydrogen-bond donors (Lipinski definition) is 2. The fourth-order valence-corrected chi connectivity index (χ4v) is 4.53. The molecule has 1 aromatic carbocycles. The van der Waals surface area contributed by atoms with E-state index in [0.717, 1.165) is 31.0 Å². The van der Waals surface area contributed by atoms with Gasteiger partial charge in [0.2, 0.25) is 5.91 Å². The molecule has 0 radical (unpaired) electrons. The maximum Gasteiger partial charge on any atom is 0.273 e. The molecule has 4 rings (SSSR count). The maximum atomic E-state index is 13.5. The van der Waals surface area contributed by atoms with Crippen LogP contribution >= 0.6 is 0 Å². The predicted molar refractivity (Wildman–Crippen MR) is 120 cm³/mol. The lowest BCUT2D eigenvalue weighted by atomic mass is 10.0. The fraction of sp³-hybridized carbons (Fsp3) is 0.458. The Morgan fingerprint density at radius 2 is 1.65 bits per heavy atom. The number of aromatic nitrogens is 2. The van der Waals surface area contributed by atoms with E-state index >= 15 is 0 Å². The Morgan fingerprint density at radius 1 is 0.941 bits per heavy atom. The van der Waals surface area contributed by atoms with Gasteiger partial charge in [0, 0.05) is 43.5 Å². The van der Waals surface area contributed by atoms with Gasteiger partial charge >= 0.3 is 0 Å². The zero-order chi connectivity index (χ0) is 24.1. The van der Waals surface area contributed by atoms with Gasteiger partial charge < -0.3 is 15.5 Å². The zero-order valence-electron chi connectivity index (χ0n) is 18.7. The van der Waals surface area contributed by atoms with E-state index in [-0.39, 0.29) is 29.0 Å². The number of anilines is 1. The summed E-state index contributed by atoms with van der Waals surface area (Å²) in [6, 6.07) is 2.60. The van der Waals surface area contributed by atoms with Gasteiger partial charge in [-0.15, -0.1) is 0 Å². The first-order valence-electron chi connectivity index (χ1n) is 11.6. The Labute approximate surface area is 196 Å². The van der Waals surface area contributed by atoms with Crippen LogP contribution in [0, 0.1) is 17.6 Å². The molecule has 1 aliphatic carbocycles. The molecule has 180 valence electrons. The highest BCUT2D eigenvalue weighted by Gasteiger charge is 2.28.